The van der Waals surface area contributed by atoms with Crippen LogP contribution >= 0.6 is 27.5 Å². The minimum absolute atomic E-state index is 0.269. The molecule has 1 aromatic carbocycles. The van der Waals surface area contributed by atoms with Gasteiger partial charge in [0.05, 0.1) is 10.2 Å². The van der Waals surface area contributed by atoms with E-state index in [0.717, 1.165) is 10.2 Å². The van der Waals surface area contributed by atoms with Crippen LogP contribution in [0.5, 0.6) is 0 Å². The van der Waals surface area contributed by atoms with Crippen LogP contribution in [0.15, 0.2) is 41.1 Å². The Hall–Kier alpha value is -1.26. The summed E-state index contributed by atoms with van der Waals surface area (Å²) in [6.45, 7) is 0.602. The molecule has 0 aliphatic heterocycles. The van der Waals surface area contributed by atoms with E-state index in [2.05, 4.69) is 15.9 Å². The third-order valence-electron chi connectivity index (χ3n) is 2.36. The molecule has 0 bridgehead atoms. The van der Waals surface area contributed by atoms with Gasteiger partial charge in [0, 0.05) is 17.8 Å². The Labute approximate surface area is 112 Å². The first-order valence-electron chi connectivity index (χ1n) is 4.89. The predicted molar refractivity (Wildman–Crippen MR) is 69.6 cm³/mol. The lowest BCUT2D eigenvalue weighted by molar-refractivity contribution is 0.0697. The maximum atomic E-state index is 10.8. The molecule has 2 rings (SSSR count). The number of rotatable bonds is 3. The van der Waals surface area contributed by atoms with Crippen molar-refractivity contribution in [1.82, 2.24) is 4.57 Å². The molecule has 0 spiro atoms. The molecule has 0 amide bonds. The molecule has 2 aromatic rings. The Morgan fingerprint density at radius 1 is 1.35 bits per heavy atom. The zero-order chi connectivity index (χ0) is 12.4. The second-order valence-electron chi connectivity index (χ2n) is 3.61. The first-order chi connectivity index (χ1) is 8.06. The fourth-order valence-corrected chi connectivity index (χ4v) is 2.10. The van der Waals surface area contributed by atoms with Crippen molar-refractivity contribution in [3.63, 3.8) is 0 Å². The first kappa shape index (κ1) is 12.2. The molecular formula is C12H9BrClNO2. The van der Waals surface area contributed by atoms with E-state index in [0.29, 0.717) is 11.6 Å². The molecule has 88 valence electrons. The summed E-state index contributed by atoms with van der Waals surface area (Å²) in [4.78, 5) is 10.8. The predicted octanol–water partition coefficient (Wildman–Crippen LogP) is 3.65. The number of benzene rings is 1. The highest BCUT2D eigenvalue weighted by molar-refractivity contribution is 9.10. The van der Waals surface area contributed by atoms with E-state index in [1.807, 2.05) is 28.8 Å². The summed E-state index contributed by atoms with van der Waals surface area (Å²) in [6, 6.07) is 9.03. The summed E-state index contributed by atoms with van der Waals surface area (Å²) >= 11 is 9.13. The Bertz CT molecular complexity index is 548. The minimum Gasteiger partial charge on any atom is -0.478 e. The van der Waals surface area contributed by atoms with Crippen LogP contribution < -0.4 is 0 Å². The summed E-state index contributed by atoms with van der Waals surface area (Å²) < 4.78 is 2.57. The monoisotopic (exact) mass is 313 g/mol. The van der Waals surface area contributed by atoms with Gasteiger partial charge in [-0.2, -0.15) is 0 Å². The summed E-state index contributed by atoms with van der Waals surface area (Å²) in [5, 5.41) is 9.56. The van der Waals surface area contributed by atoms with Crippen molar-refractivity contribution in [2.75, 3.05) is 0 Å². The van der Waals surface area contributed by atoms with E-state index in [1.165, 1.54) is 0 Å². The smallest absolute Gasteiger partial charge is 0.337 e. The molecule has 0 radical (unpaired) electrons. The van der Waals surface area contributed by atoms with Crippen molar-refractivity contribution in [1.29, 1.82) is 0 Å². The lowest BCUT2D eigenvalue weighted by atomic mass is 10.2. The van der Waals surface area contributed by atoms with Crippen LogP contribution in [-0.4, -0.2) is 15.6 Å². The number of carboxylic acids is 1. The van der Waals surface area contributed by atoms with E-state index in [9.17, 15) is 4.79 Å². The van der Waals surface area contributed by atoms with Crippen LogP contribution in [0.25, 0.3) is 0 Å². The average molecular weight is 315 g/mol. The summed E-state index contributed by atoms with van der Waals surface area (Å²) in [7, 11) is 0. The highest BCUT2D eigenvalue weighted by Crippen LogP contribution is 2.18. The standard InChI is InChI=1S/C12H9BrClNO2/c13-11-5-9(12(16)17)7-15(11)6-8-1-3-10(14)4-2-8/h1-5,7H,6H2,(H,16,17). The third-order valence-corrected chi connectivity index (χ3v) is 3.29. The summed E-state index contributed by atoms with van der Waals surface area (Å²) in [5.41, 5.74) is 1.33. The topological polar surface area (TPSA) is 42.2 Å². The SMILES string of the molecule is O=C(O)c1cc(Br)n(Cc2ccc(Cl)cc2)c1. The van der Waals surface area contributed by atoms with Gasteiger partial charge in [-0.15, -0.1) is 0 Å². The lowest BCUT2D eigenvalue weighted by Gasteiger charge is -2.05. The molecule has 1 aromatic heterocycles. The Kier molecular flexibility index (Phi) is 3.54. The molecule has 0 fully saturated rings. The lowest BCUT2D eigenvalue weighted by Crippen LogP contribution is -1.99. The van der Waals surface area contributed by atoms with Gasteiger partial charge in [0.1, 0.15) is 0 Å². The number of nitrogens with zero attached hydrogens (tertiary/aromatic N) is 1. The number of hydrogen-bond acceptors (Lipinski definition) is 1. The second-order valence-corrected chi connectivity index (χ2v) is 4.86. The number of hydrogen-bond donors (Lipinski definition) is 1. The van der Waals surface area contributed by atoms with Crippen molar-refractivity contribution in [2.45, 2.75) is 6.54 Å². The average Bonchev–Trinajstić information content (AvgIpc) is 2.64. The number of carbonyl (C=O) groups is 1. The molecule has 1 heterocycles. The zero-order valence-corrected chi connectivity index (χ0v) is 11.1. The van der Waals surface area contributed by atoms with Crippen LogP contribution in [0.3, 0.4) is 0 Å². The molecule has 17 heavy (non-hydrogen) atoms. The van der Waals surface area contributed by atoms with Gasteiger partial charge in [-0.05, 0) is 39.7 Å². The van der Waals surface area contributed by atoms with E-state index in [4.69, 9.17) is 16.7 Å². The number of halogens is 2. The highest BCUT2D eigenvalue weighted by Gasteiger charge is 2.09. The third kappa shape index (κ3) is 2.90. The Balaban J connectivity index is 2.24. The molecule has 0 atom stereocenters. The number of aromatic carboxylic acids is 1. The molecule has 5 heteroatoms. The normalized spacial score (nSPS) is 10.5. The van der Waals surface area contributed by atoms with Crippen molar-refractivity contribution >= 4 is 33.5 Å². The molecule has 0 aliphatic carbocycles. The van der Waals surface area contributed by atoms with Gasteiger partial charge in [-0.3, -0.25) is 0 Å². The number of aromatic nitrogens is 1. The Morgan fingerprint density at radius 2 is 2.00 bits per heavy atom. The molecule has 0 saturated heterocycles. The van der Waals surface area contributed by atoms with Crippen molar-refractivity contribution < 1.29 is 9.90 Å². The highest BCUT2D eigenvalue weighted by atomic mass is 79.9. The molecule has 0 saturated carbocycles. The largest absolute Gasteiger partial charge is 0.478 e. The number of carboxylic acid groups (broad SMARTS) is 1. The molecule has 1 N–H and O–H groups in total. The molecule has 3 nitrogen and oxygen atoms in total. The van der Waals surface area contributed by atoms with Gasteiger partial charge in [-0.1, -0.05) is 23.7 Å². The fourth-order valence-electron chi connectivity index (χ4n) is 1.50. The first-order valence-corrected chi connectivity index (χ1v) is 6.07. The van der Waals surface area contributed by atoms with Crippen LogP contribution in [-0.2, 0) is 6.54 Å². The zero-order valence-electron chi connectivity index (χ0n) is 8.73. The summed E-state index contributed by atoms with van der Waals surface area (Å²) in [6.07, 6.45) is 1.60. The van der Waals surface area contributed by atoms with Gasteiger partial charge in [-0.25, -0.2) is 4.79 Å². The van der Waals surface area contributed by atoms with Crippen molar-refractivity contribution in [3.8, 4) is 0 Å². The molecule has 0 aliphatic rings. The van der Waals surface area contributed by atoms with Gasteiger partial charge >= 0.3 is 5.97 Å². The van der Waals surface area contributed by atoms with Gasteiger partial charge in [0.25, 0.3) is 0 Å². The van der Waals surface area contributed by atoms with Gasteiger partial charge in [0.15, 0.2) is 0 Å². The quantitative estimate of drug-likeness (QED) is 0.939. The maximum Gasteiger partial charge on any atom is 0.337 e. The van der Waals surface area contributed by atoms with Crippen LogP contribution in [0.4, 0.5) is 0 Å². The molecule has 0 unspecified atom stereocenters. The van der Waals surface area contributed by atoms with E-state index < -0.39 is 5.97 Å². The minimum atomic E-state index is -0.930. The van der Waals surface area contributed by atoms with Crippen LogP contribution in [0.1, 0.15) is 15.9 Å². The van der Waals surface area contributed by atoms with Crippen LogP contribution in [0.2, 0.25) is 5.02 Å². The van der Waals surface area contributed by atoms with E-state index >= 15 is 0 Å². The van der Waals surface area contributed by atoms with Crippen molar-refractivity contribution in [2.24, 2.45) is 0 Å². The van der Waals surface area contributed by atoms with Crippen molar-refractivity contribution in [3.05, 3.63) is 57.3 Å². The van der Waals surface area contributed by atoms with Crippen LogP contribution in [0, 0.1) is 0 Å². The van der Waals surface area contributed by atoms with E-state index in [1.54, 1.807) is 12.3 Å². The summed E-state index contributed by atoms with van der Waals surface area (Å²) in [5.74, 6) is -0.930. The Morgan fingerprint density at radius 3 is 2.53 bits per heavy atom. The fraction of sp³-hybridized carbons (Fsp3) is 0.0833. The van der Waals surface area contributed by atoms with Gasteiger partial charge in [0.2, 0.25) is 0 Å². The van der Waals surface area contributed by atoms with Gasteiger partial charge < -0.3 is 9.67 Å². The van der Waals surface area contributed by atoms with E-state index in [-0.39, 0.29) is 5.56 Å². The second kappa shape index (κ2) is 4.94. The maximum absolute atomic E-state index is 10.8. The molecular weight excluding hydrogens is 305 g/mol.